The molecule has 1 N–H and O–H groups in total. The highest BCUT2D eigenvalue weighted by atomic mass is 19.1. The van der Waals surface area contributed by atoms with Crippen molar-refractivity contribution in [1.29, 1.82) is 0 Å². The van der Waals surface area contributed by atoms with Gasteiger partial charge in [0.15, 0.2) is 5.76 Å². The molecule has 3 rings (SSSR count). The van der Waals surface area contributed by atoms with E-state index in [1.54, 1.807) is 18.2 Å². The molecule has 0 aliphatic carbocycles. The summed E-state index contributed by atoms with van der Waals surface area (Å²) in [6.07, 6.45) is 0.351. The average molecular weight is 290 g/mol. The standard InChI is InChI=1S/C14H11FN2O4/c15-10-4-1-3-9(7-10)11(18)8-17-14(19)21-13(16-17)12-5-2-6-20-12/h1-7,11,18H,8H2. The van der Waals surface area contributed by atoms with Crippen molar-refractivity contribution in [3.63, 3.8) is 0 Å². The van der Waals surface area contributed by atoms with Gasteiger partial charge in [-0.25, -0.2) is 9.18 Å². The Bertz CT molecular complexity index is 791. The molecule has 0 aliphatic rings. The highest BCUT2D eigenvalue weighted by Crippen LogP contribution is 2.18. The van der Waals surface area contributed by atoms with Gasteiger partial charge in [-0.1, -0.05) is 12.1 Å². The Kier molecular flexibility index (Phi) is 3.41. The molecule has 7 heteroatoms. The van der Waals surface area contributed by atoms with Gasteiger partial charge in [-0.2, -0.15) is 4.68 Å². The van der Waals surface area contributed by atoms with Crippen molar-refractivity contribution in [1.82, 2.24) is 9.78 Å². The lowest BCUT2D eigenvalue weighted by molar-refractivity contribution is 0.148. The molecule has 0 saturated carbocycles. The molecule has 0 saturated heterocycles. The quantitative estimate of drug-likeness (QED) is 0.794. The smallest absolute Gasteiger partial charge is 0.437 e. The van der Waals surface area contributed by atoms with Gasteiger partial charge < -0.3 is 13.9 Å². The van der Waals surface area contributed by atoms with E-state index in [9.17, 15) is 14.3 Å². The normalized spacial score (nSPS) is 12.5. The second-order valence-corrected chi connectivity index (χ2v) is 4.40. The minimum Gasteiger partial charge on any atom is -0.459 e. The number of halogens is 1. The van der Waals surface area contributed by atoms with Crippen molar-refractivity contribution in [2.75, 3.05) is 0 Å². The number of rotatable bonds is 4. The van der Waals surface area contributed by atoms with Crippen LogP contribution in [0.5, 0.6) is 0 Å². The number of hydrogen-bond donors (Lipinski definition) is 1. The molecule has 1 aromatic carbocycles. The number of aromatic nitrogens is 2. The van der Waals surface area contributed by atoms with Gasteiger partial charge in [0, 0.05) is 0 Å². The fourth-order valence-electron chi connectivity index (χ4n) is 1.90. The molecule has 0 spiro atoms. The van der Waals surface area contributed by atoms with Gasteiger partial charge in [-0.15, -0.1) is 5.10 Å². The molecule has 2 heterocycles. The minimum atomic E-state index is -1.08. The van der Waals surface area contributed by atoms with Crippen LogP contribution in [0, 0.1) is 5.82 Å². The van der Waals surface area contributed by atoms with Crippen molar-refractivity contribution < 1.29 is 18.3 Å². The van der Waals surface area contributed by atoms with Gasteiger partial charge in [0.05, 0.1) is 18.9 Å². The Balaban J connectivity index is 1.83. The zero-order valence-corrected chi connectivity index (χ0v) is 10.8. The Morgan fingerprint density at radius 3 is 2.90 bits per heavy atom. The average Bonchev–Trinajstić information content (AvgIpc) is 3.09. The fraction of sp³-hybridized carbons (Fsp3) is 0.143. The van der Waals surface area contributed by atoms with Crippen LogP contribution in [-0.4, -0.2) is 14.9 Å². The molecule has 21 heavy (non-hydrogen) atoms. The Labute approximate surface area is 118 Å². The highest BCUT2D eigenvalue weighted by molar-refractivity contribution is 5.42. The third-order valence-corrected chi connectivity index (χ3v) is 2.92. The first-order valence-electron chi connectivity index (χ1n) is 6.19. The van der Waals surface area contributed by atoms with Crippen LogP contribution in [0.4, 0.5) is 4.39 Å². The van der Waals surface area contributed by atoms with Gasteiger partial charge in [0.1, 0.15) is 5.82 Å². The molecule has 0 radical (unpaired) electrons. The van der Waals surface area contributed by atoms with E-state index in [2.05, 4.69) is 5.10 Å². The van der Waals surface area contributed by atoms with E-state index >= 15 is 0 Å². The summed E-state index contributed by atoms with van der Waals surface area (Å²) in [5.74, 6) is -0.852. The molecular formula is C14H11FN2O4. The van der Waals surface area contributed by atoms with Crippen LogP contribution in [0.25, 0.3) is 11.7 Å². The molecule has 108 valence electrons. The van der Waals surface area contributed by atoms with Crippen molar-refractivity contribution >= 4 is 0 Å². The second kappa shape index (κ2) is 5.37. The molecule has 2 aromatic heterocycles. The topological polar surface area (TPSA) is 81.4 Å². The molecule has 6 nitrogen and oxygen atoms in total. The molecule has 1 unspecified atom stereocenters. The molecule has 0 bridgehead atoms. The highest BCUT2D eigenvalue weighted by Gasteiger charge is 2.16. The zero-order valence-electron chi connectivity index (χ0n) is 10.8. The lowest BCUT2D eigenvalue weighted by atomic mass is 10.1. The number of aliphatic hydroxyl groups is 1. The predicted octanol–water partition coefficient (Wildman–Crippen LogP) is 1.97. The maximum Gasteiger partial charge on any atom is 0.437 e. The summed E-state index contributed by atoms with van der Waals surface area (Å²) in [5, 5.41) is 14.0. The van der Waals surface area contributed by atoms with Crippen molar-refractivity contribution in [2.24, 2.45) is 0 Å². The number of aliphatic hydroxyl groups excluding tert-OH is 1. The van der Waals surface area contributed by atoms with Crippen LogP contribution in [0.2, 0.25) is 0 Å². The Morgan fingerprint density at radius 1 is 1.33 bits per heavy atom. The lowest BCUT2D eigenvalue weighted by Gasteiger charge is -2.09. The van der Waals surface area contributed by atoms with E-state index in [0.29, 0.717) is 11.3 Å². The molecule has 3 aromatic rings. The summed E-state index contributed by atoms with van der Waals surface area (Å²) in [4.78, 5) is 11.7. The number of hydrogen-bond acceptors (Lipinski definition) is 5. The maximum absolute atomic E-state index is 13.1. The zero-order chi connectivity index (χ0) is 14.8. The minimum absolute atomic E-state index is 0.0245. The van der Waals surface area contributed by atoms with Crippen LogP contribution in [-0.2, 0) is 6.54 Å². The van der Waals surface area contributed by atoms with Gasteiger partial charge in [0.2, 0.25) is 0 Å². The summed E-state index contributed by atoms with van der Waals surface area (Å²) in [6.45, 7) is -0.146. The van der Waals surface area contributed by atoms with Gasteiger partial charge in [-0.05, 0) is 29.8 Å². The molecule has 0 aliphatic heterocycles. The van der Waals surface area contributed by atoms with E-state index in [1.165, 1.54) is 24.5 Å². The molecule has 0 fully saturated rings. The first-order chi connectivity index (χ1) is 10.1. The Morgan fingerprint density at radius 2 is 2.19 bits per heavy atom. The van der Waals surface area contributed by atoms with E-state index in [4.69, 9.17) is 8.83 Å². The van der Waals surface area contributed by atoms with Crippen LogP contribution in [0.3, 0.4) is 0 Å². The van der Waals surface area contributed by atoms with Crippen molar-refractivity contribution in [3.05, 3.63) is 64.6 Å². The monoisotopic (exact) mass is 290 g/mol. The van der Waals surface area contributed by atoms with E-state index in [-0.39, 0.29) is 12.4 Å². The van der Waals surface area contributed by atoms with Crippen molar-refractivity contribution in [3.8, 4) is 11.7 Å². The molecule has 1 atom stereocenters. The van der Waals surface area contributed by atoms with Crippen molar-refractivity contribution in [2.45, 2.75) is 12.6 Å². The summed E-state index contributed by atoms with van der Waals surface area (Å²) < 4.78 is 24.1. The summed E-state index contributed by atoms with van der Waals surface area (Å²) >= 11 is 0. The third-order valence-electron chi connectivity index (χ3n) is 2.92. The summed E-state index contributed by atoms with van der Waals surface area (Å²) in [6, 6.07) is 8.74. The SMILES string of the molecule is O=c1oc(-c2ccco2)nn1CC(O)c1cccc(F)c1. The van der Waals surface area contributed by atoms with Gasteiger partial charge >= 0.3 is 5.76 Å². The number of furan rings is 1. The lowest BCUT2D eigenvalue weighted by Crippen LogP contribution is -2.20. The molecule has 0 amide bonds. The van der Waals surface area contributed by atoms with Gasteiger partial charge in [-0.3, -0.25) is 0 Å². The second-order valence-electron chi connectivity index (χ2n) is 4.40. The fourth-order valence-corrected chi connectivity index (χ4v) is 1.90. The number of benzene rings is 1. The maximum atomic E-state index is 13.1. The predicted molar refractivity (Wildman–Crippen MR) is 69.8 cm³/mol. The third kappa shape index (κ3) is 2.77. The first kappa shape index (κ1) is 13.3. The number of nitrogens with zero attached hydrogens (tertiary/aromatic N) is 2. The van der Waals surface area contributed by atoms with E-state index in [1.807, 2.05) is 0 Å². The summed E-state index contributed by atoms with van der Waals surface area (Å²) in [7, 11) is 0. The van der Waals surface area contributed by atoms with Crippen LogP contribution >= 0.6 is 0 Å². The largest absolute Gasteiger partial charge is 0.459 e. The van der Waals surface area contributed by atoms with Gasteiger partial charge in [0.25, 0.3) is 5.89 Å². The van der Waals surface area contributed by atoms with Crippen LogP contribution < -0.4 is 5.76 Å². The van der Waals surface area contributed by atoms with Crippen LogP contribution in [0.15, 0.2) is 56.3 Å². The van der Waals surface area contributed by atoms with E-state index in [0.717, 1.165) is 4.68 Å². The Hall–Kier alpha value is -2.67. The van der Waals surface area contributed by atoms with Crippen LogP contribution in [0.1, 0.15) is 11.7 Å². The molecular weight excluding hydrogens is 279 g/mol. The van der Waals surface area contributed by atoms with E-state index < -0.39 is 17.7 Å². The summed E-state index contributed by atoms with van der Waals surface area (Å²) in [5.41, 5.74) is 0.351. The first-order valence-corrected chi connectivity index (χ1v) is 6.19.